The Morgan fingerprint density at radius 3 is 2.48 bits per heavy atom. The summed E-state index contributed by atoms with van der Waals surface area (Å²) >= 11 is 0. The molecule has 0 aliphatic carbocycles. The van der Waals surface area contributed by atoms with Gasteiger partial charge in [0, 0.05) is 11.7 Å². The van der Waals surface area contributed by atoms with Gasteiger partial charge in [-0.25, -0.2) is 4.39 Å². The number of hydrogen-bond donors (Lipinski definition) is 1. The first-order valence-electron chi connectivity index (χ1n) is 6.58. The molecule has 0 fully saturated rings. The van der Waals surface area contributed by atoms with E-state index in [-0.39, 0.29) is 11.9 Å². The van der Waals surface area contributed by atoms with Crippen LogP contribution in [0.4, 0.5) is 10.1 Å². The quantitative estimate of drug-likeness (QED) is 0.930. The molecule has 0 spiro atoms. The number of hydrogen-bond acceptors (Lipinski definition) is 3. The highest BCUT2D eigenvalue weighted by molar-refractivity contribution is 5.56. The van der Waals surface area contributed by atoms with Gasteiger partial charge >= 0.3 is 0 Å². The lowest BCUT2D eigenvalue weighted by molar-refractivity contribution is 0.601. The summed E-state index contributed by atoms with van der Waals surface area (Å²) in [7, 11) is 0. The van der Waals surface area contributed by atoms with Gasteiger partial charge in [-0.2, -0.15) is 10.5 Å². The molecular formula is C17H14FN3. The SMILES string of the molecule is CC(Cc1ccccc1F)Nc1ccc(C#N)c(C#N)c1. The van der Waals surface area contributed by atoms with Crippen LogP contribution in [0.15, 0.2) is 42.5 Å². The molecule has 4 heteroatoms. The van der Waals surface area contributed by atoms with Crippen molar-refractivity contribution in [2.24, 2.45) is 0 Å². The third kappa shape index (κ3) is 3.58. The van der Waals surface area contributed by atoms with Crippen LogP contribution in [0.5, 0.6) is 0 Å². The van der Waals surface area contributed by atoms with Crippen LogP contribution in [0.1, 0.15) is 23.6 Å². The minimum atomic E-state index is -0.219. The lowest BCUT2D eigenvalue weighted by Gasteiger charge is -2.16. The predicted octanol–water partition coefficient (Wildman–Crippen LogP) is 3.61. The molecule has 0 aliphatic heterocycles. The van der Waals surface area contributed by atoms with Gasteiger partial charge < -0.3 is 5.32 Å². The highest BCUT2D eigenvalue weighted by atomic mass is 19.1. The summed E-state index contributed by atoms with van der Waals surface area (Å²) < 4.78 is 13.6. The average Bonchev–Trinajstić information content (AvgIpc) is 2.49. The maximum absolute atomic E-state index is 13.6. The Balaban J connectivity index is 2.10. The third-order valence-electron chi connectivity index (χ3n) is 3.16. The van der Waals surface area contributed by atoms with Crippen molar-refractivity contribution in [3.8, 4) is 12.1 Å². The summed E-state index contributed by atoms with van der Waals surface area (Å²) in [6.45, 7) is 1.94. The van der Waals surface area contributed by atoms with Crippen molar-refractivity contribution in [3.63, 3.8) is 0 Å². The number of halogens is 1. The van der Waals surface area contributed by atoms with Crippen molar-refractivity contribution in [1.29, 1.82) is 10.5 Å². The standard InChI is InChI=1S/C17H14FN3/c1-12(8-13-4-2-3-5-17(13)18)21-16-7-6-14(10-19)15(9-16)11-20/h2-7,9,12,21H,8H2,1H3. The molecular weight excluding hydrogens is 265 g/mol. The molecule has 21 heavy (non-hydrogen) atoms. The lowest BCUT2D eigenvalue weighted by atomic mass is 10.1. The first-order chi connectivity index (χ1) is 10.1. The van der Waals surface area contributed by atoms with Crippen LogP contribution in [0.3, 0.4) is 0 Å². The maximum Gasteiger partial charge on any atom is 0.126 e. The highest BCUT2D eigenvalue weighted by Gasteiger charge is 2.09. The summed E-state index contributed by atoms with van der Waals surface area (Å²) in [6.07, 6.45) is 0.536. The Kier molecular flexibility index (Phi) is 4.53. The molecule has 0 aliphatic rings. The second-order valence-electron chi connectivity index (χ2n) is 4.82. The molecule has 0 bridgehead atoms. The van der Waals surface area contributed by atoms with Gasteiger partial charge in [0.25, 0.3) is 0 Å². The van der Waals surface area contributed by atoms with Gasteiger partial charge in [0.1, 0.15) is 18.0 Å². The molecule has 0 radical (unpaired) electrons. The van der Waals surface area contributed by atoms with E-state index in [1.54, 1.807) is 36.4 Å². The van der Waals surface area contributed by atoms with Gasteiger partial charge in [-0.15, -0.1) is 0 Å². The number of benzene rings is 2. The van der Waals surface area contributed by atoms with E-state index in [1.165, 1.54) is 6.07 Å². The zero-order valence-electron chi connectivity index (χ0n) is 11.6. The van der Waals surface area contributed by atoms with Crippen LogP contribution in [0.25, 0.3) is 0 Å². The molecule has 0 saturated heterocycles. The fourth-order valence-electron chi connectivity index (χ4n) is 2.15. The molecule has 2 rings (SSSR count). The Labute approximate surface area is 123 Å². The number of rotatable bonds is 4. The van der Waals surface area contributed by atoms with Gasteiger partial charge in [0.15, 0.2) is 0 Å². The zero-order valence-corrected chi connectivity index (χ0v) is 11.6. The first-order valence-corrected chi connectivity index (χ1v) is 6.58. The summed E-state index contributed by atoms with van der Waals surface area (Å²) in [5.41, 5.74) is 2.08. The van der Waals surface area contributed by atoms with Crippen LogP contribution < -0.4 is 5.32 Å². The summed E-state index contributed by atoms with van der Waals surface area (Å²) in [4.78, 5) is 0. The van der Waals surface area contributed by atoms with E-state index < -0.39 is 0 Å². The van der Waals surface area contributed by atoms with Gasteiger partial charge in [-0.3, -0.25) is 0 Å². The topological polar surface area (TPSA) is 59.6 Å². The third-order valence-corrected chi connectivity index (χ3v) is 3.16. The summed E-state index contributed by atoms with van der Waals surface area (Å²) in [6, 6.07) is 15.6. The smallest absolute Gasteiger partial charge is 0.126 e. The highest BCUT2D eigenvalue weighted by Crippen LogP contribution is 2.17. The van der Waals surface area contributed by atoms with Crippen molar-refractivity contribution in [3.05, 3.63) is 65.0 Å². The van der Waals surface area contributed by atoms with E-state index in [4.69, 9.17) is 10.5 Å². The molecule has 1 N–H and O–H groups in total. The minimum absolute atomic E-state index is 0.00128. The zero-order chi connectivity index (χ0) is 15.2. The van der Waals surface area contributed by atoms with Gasteiger partial charge in [0.05, 0.1) is 11.1 Å². The molecule has 3 nitrogen and oxygen atoms in total. The van der Waals surface area contributed by atoms with Gasteiger partial charge in [-0.05, 0) is 43.2 Å². The van der Waals surface area contributed by atoms with Crippen LogP contribution in [0, 0.1) is 28.5 Å². The average molecular weight is 279 g/mol. The number of anilines is 1. The summed E-state index contributed by atoms with van der Waals surface area (Å²) in [5, 5.41) is 21.1. The van der Waals surface area contributed by atoms with Crippen molar-refractivity contribution >= 4 is 5.69 Å². The second kappa shape index (κ2) is 6.54. The number of nitriles is 2. The van der Waals surface area contributed by atoms with E-state index in [0.717, 1.165) is 5.69 Å². The van der Waals surface area contributed by atoms with E-state index >= 15 is 0 Å². The van der Waals surface area contributed by atoms with Crippen molar-refractivity contribution in [1.82, 2.24) is 0 Å². The fraction of sp³-hybridized carbons (Fsp3) is 0.176. The van der Waals surface area contributed by atoms with Crippen molar-refractivity contribution in [2.45, 2.75) is 19.4 Å². The predicted molar refractivity (Wildman–Crippen MR) is 79.1 cm³/mol. The fourth-order valence-corrected chi connectivity index (χ4v) is 2.15. The first kappa shape index (κ1) is 14.6. The van der Waals surface area contributed by atoms with Gasteiger partial charge in [0.2, 0.25) is 0 Å². The van der Waals surface area contributed by atoms with Crippen LogP contribution in [-0.4, -0.2) is 6.04 Å². The second-order valence-corrected chi connectivity index (χ2v) is 4.82. The molecule has 1 atom stereocenters. The maximum atomic E-state index is 13.6. The number of nitrogens with zero attached hydrogens (tertiary/aromatic N) is 2. The van der Waals surface area contributed by atoms with E-state index in [1.807, 2.05) is 19.1 Å². The van der Waals surface area contributed by atoms with Crippen molar-refractivity contribution < 1.29 is 4.39 Å². The van der Waals surface area contributed by atoms with Crippen molar-refractivity contribution in [2.75, 3.05) is 5.32 Å². The van der Waals surface area contributed by atoms with Crippen LogP contribution in [-0.2, 0) is 6.42 Å². The molecule has 0 aromatic heterocycles. The van der Waals surface area contributed by atoms with E-state index in [9.17, 15) is 4.39 Å². The Bertz CT molecular complexity index is 726. The molecule has 104 valence electrons. The van der Waals surface area contributed by atoms with Crippen LogP contribution >= 0.6 is 0 Å². The Morgan fingerprint density at radius 1 is 1.10 bits per heavy atom. The largest absolute Gasteiger partial charge is 0.382 e. The summed E-state index contributed by atoms with van der Waals surface area (Å²) in [5.74, 6) is -0.219. The van der Waals surface area contributed by atoms with E-state index in [0.29, 0.717) is 23.1 Å². The molecule has 2 aromatic rings. The van der Waals surface area contributed by atoms with Gasteiger partial charge in [-0.1, -0.05) is 18.2 Å². The van der Waals surface area contributed by atoms with Crippen LogP contribution in [0.2, 0.25) is 0 Å². The van der Waals surface area contributed by atoms with E-state index in [2.05, 4.69) is 5.32 Å². The molecule has 1 unspecified atom stereocenters. The molecule has 0 saturated carbocycles. The molecule has 0 amide bonds. The normalized spacial score (nSPS) is 11.2. The molecule has 0 heterocycles. The monoisotopic (exact) mass is 279 g/mol. The minimum Gasteiger partial charge on any atom is -0.382 e. The molecule has 2 aromatic carbocycles. The number of nitrogens with one attached hydrogen (secondary N) is 1. The Morgan fingerprint density at radius 2 is 1.81 bits per heavy atom. The lowest BCUT2D eigenvalue weighted by Crippen LogP contribution is -2.18. The Hall–Kier alpha value is -2.85.